The molecule has 1 heterocycles. The summed E-state index contributed by atoms with van der Waals surface area (Å²) in [6.07, 6.45) is 4.59. The normalized spacial score (nSPS) is 27.7. The van der Waals surface area contributed by atoms with Crippen LogP contribution in [0.1, 0.15) is 38.7 Å². The van der Waals surface area contributed by atoms with Gasteiger partial charge in [0.25, 0.3) is 0 Å². The van der Waals surface area contributed by atoms with E-state index in [0.717, 1.165) is 18.8 Å². The quantitative estimate of drug-likeness (QED) is 0.820. The number of rotatable bonds is 5. The van der Waals surface area contributed by atoms with Gasteiger partial charge in [-0.3, -0.25) is 0 Å². The zero-order valence-electron chi connectivity index (χ0n) is 16.1. The molecule has 4 nitrogen and oxygen atoms in total. The summed E-state index contributed by atoms with van der Waals surface area (Å²) in [5, 5.41) is 3.90. The van der Waals surface area contributed by atoms with E-state index >= 15 is 0 Å². The van der Waals surface area contributed by atoms with Crippen molar-refractivity contribution in [2.24, 2.45) is 11.8 Å². The molecule has 1 unspecified atom stereocenters. The van der Waals surface area contributed by atoms with E-state index in [1.165, 1.54) is 24.0 Å². The van der Waals surface area contributed by atoms with Gasteiger partial charge in [0.2, 0.25) is 5.75 Å². The second-order valence-corrected chi connectivity index (χ2v) is 7.95. The molecule has 0 aromatic heterocycles. The van der Waals surface area contributed by atoms with Crippen molar-refractivity contribution in [2.45, 2.75) is 51.1 Å². The van der Waals surface area contributed by atoms with E-state index in [2.05, 4.69) is 37.9 Å². The van der Waals surface area contributed by atoms with Gasteiger partial charge in [0.15, 0.2) is 11.5 Å². The Labute approximate surface area is 151 Å². The van der Waals surface area contributed by atoms with Gasteiger partial charge in [0, 0.05) is 11.6 Å². The zero-order chi connectivity index (χ0) is 18.2. The summed E-state index contributed by atoms with van der Waals surface area (Å²) in [7, 11) is 4.96. The Kier molecular flexibility index (Phi) is 5.01. The smallest absolute Gasteiger partial charge is 0.203 e. The van der Waals surface area contributed by atoms with Crippen molar-refractivity contribution in [1.82, 2.24) is 5.32 Å². The van der Waals surface area contributed by atoms with Gasteiger partial charge >= 0.3 is 0 Å². The minimum absolute atomic E-state index is 0.169. The van der Waals surface area contributed by atoms with E-state index in [1.807, 2.05) is 0 Å². The molecule has 0 radical (unpaired) electrons. The summed E-state index contributed by atoms with van der Waals surface area (Å²) in [6, 6.07) is 4.52. The molecule has 1 saturated carbocycles. The molecule has 1 saturated heterocycles. The Morgan fingerprint density at radius 1 is 1.12 bits per heavy atom. The lowest BCUT2D eigenvalue weighted by Gasteiger charge is -2.52. The molecule has 2 aliphatic rings. The number of hydrogen-bond acceptors (Lipinski definition) is 4. The minimum atomic E-state index is 0.169. The molecule has 1 aromatic carbocycles. The Morgan fingerprint density at radius 3 is 2.32 bits per heavy atom. The van der Waals surface area contributed by atoms with E-state index in [9.17, 15) is 0 Å². The topological polar surface area (TPSA) is 39.7 Å². The maximum atomic E-state index is 5.51. The van der Waals surface area contributed by atoms with Crippen LogP contribution < -0.4 is 19.5 Å². The van der Waals surface area contributed by atoms with Gasteiger partial charge < -0.3 is 19.5 Å². The largest absolute Gasteiger partial charge is 0.493 e. The molecular formula is C21H31NO3. The lowest BCUT2D eigenvalue weighted by molar-refractivity contribution is 0.0893. The van der Waals surface area contributed by atoms with Crippen molar-refractivity contribution in [3.8, 4) is 17.2 Å². The van der Waals surface area contributed by atoms with Crippen molar-refractivity contribution in [2.75, 3.05) is 21.3 Å². The molecule has 4 heteroatoms. The summed E-state index contributed by atoms with van der Waals surface area (Å²) < 4.78 is 16.5. The highest BCUT2D eigenvalue weighted by Gasteiger charge is 2.44. The number of ether oxygens (including phenoxy) is 3. The summed E-state index contributed by atoms with van der Waals surface area (Å²) in [6.45, 7) is 9.03. The van der Waals surface area contributed by atoms with Gasteiger partial charge in [-0.25, -0.2) is 0 Å². The van der Waals surface area contributed by atoms with Gasteiger partial charge in [0.1, 0.15) is 0 Å². The maximum Gasteiger partial charge on any atom is 0.203 e. The van der Waals surface area contributed by atoms with Crippen LogP contribution in [-0.2, 0) is 6.42 Å². The first-order valence-corrected chi connectivity index (χ1v) is 9.13. The SMILES string of the molecule is C=C1CCC2C[C@@H]1[C@@H](Cc1cc(OC)c(OC)c(OC)c1)NC2(C)C. The Bertz CT molecular complexity index is 628. The second kappa shape index (κ2) is 6.91. The molecule has 3 atom stereocenters. The average Bonchev–Trinajstić information content (AvgIpc) is 2.59. The van der Waals surface area contributed by atoms with Crippen LogP contribution in [0.3, 0.4) is 0 Å². The summed E-state index contributed by atoms with van der Waals surface area (Å²) in [5.74, 6) is 3.36. The third kappa shape index (κ3) is 3.37. The van der Waals surface area contributed by atoms with E-state index in [1.54, 1.807) is 21.3 Å². The molecule has 2 fully saturated rings. The highest BCUT2D eigenvalue weighted by atomic mass is 16.5. The Morgan fingerprint density at radius 2 is 1.76 bits per heavy atom. The monoisotopic (exact) mass is 345 g/mol. The van der Waals surface area contributed by atoms with Crippen molar-refractivity contribution < 1.29 is 14.2 Å². The molecular weight excluding hydrogens is 314 g/mol. The number of methoxy groups -OCH3 is 3. The predicted molar refractivity (Wildman–Crippen MR) is 101 cm³/mol. The first kappa shape index (κ1) is 18.1. The lowest BCUT2D eigenvalue weighted by atomic mass is 9.64. The summed E-state index contributed by atoms with van der Waals surface area (Å²) in [4.78, 5) is 0. The summed E-state index contributed by atoms with van der Waals surface area (Å²) >= 11 is 0. The fourth-order valence-electron chi connectivity index (χ4n) is 4.64. The molecule has 1 N–H and O–H groups in total. The summed E-state index contributed by atoms with van der Waals surface area (Å²) in [5.41, 5.74) is 2.76. The van der Waals surface area contributed by atoms with Crippen LogP contribution >= 0.6 is 0 Å². The predicted octanol–water partition coefficient (Wildman–Crippen LogP) is 3.98. The molecule has 1 aromatic rings. The van der Waals surface area contributed by atoms with Crippen LogP contribution in [0.15, 0.2) is 24.3 Å². The van der Waals surface area contributed by atoms with Crippen LogP contribution in [0, 0.1) is 11.8 Å². The number of benzene rings is 1. The molecule has 0 amide bonds. The molecule has 3 rings (SSSR count). The van der Waals surface area contributed by atoms with Gasteiger partial charge in [-0.15, -0.1) is 0 Å². The third-order valence-electron chi connectivity index (χ3n) is 6.12. The standard InChI is InChI=1S/C21H31NO3/c1-13-7-8-15-12-16(13)17(22-21(15,2)3)9-14-10-18(23-4)20(25-6)19(11-14)24-5/h10-11,15-17,22H,1,7-9,12H2,2-6H3/t15?,16-,17+/m0/s1. The molecule has 1 aliphatic carbocycles. The Balaban J connectivity index is 1.89. The van der Waals surface area contributed by atoms with Gasteiger partial charge in [-0.2, -0.15) is 0 Å². The van der Waals surface area contributed by atoms with Crippen LogP contribution in [-0.4, -0.2) is 32.9 Å². The van der Waals surface area contributed by atoms with E-state index in [4.69, 9.17) is 14.2 Å². The van der Waals surface area contributed by atoms with Gasteiger partial charge in [-0.1, -0.05) is 12.2 Å². The van der Waals surface area contributed by atoms with Crippen molar-refractivity contribution in [1.29, 1.82) is 0 Å². The fourth-order valence-corrected chi connectivity index (χ4v) is 4.64. The van der Waals surface area contributed by atoms with Crippen LogP contribution in [0.25, 0.3) is 0 Å². The lowest BCUT2D eigenvalue weighted by Crippen LogP contribution is -2.60. The zero-order valence-corrected chi connectivity index (χ0v) is 16.1. The van der Waals surface area contributed by atoms with Crippen molar-refractivity contribution in [3.05, 3.63) is 29.8 Å². The van der Waals surface area contributed by atoms with Crippen molar-refractivity contribution >= 4 is 0 Å². The minimum Gasteiger partial charge on any atom is -0.493 e. The van der Waals surface area contributed by atoms with E-state index < -0.39 is 0 Å². The molecule has 1 aliphatic heterocycles. The highest BCUT2D eigenvalue weighted by molar-refractivity contribution is 5.54. The average molecular weight is 345 g/mol. The highest BCUT2D eigenvalue weighted by Crippen LogP contribution is 2.45. The van der Waals surface area contributed by atoms with E-state index in [-0.39, 0.29) is 5.54 Å². The van der Waals surface area contributed by atoms with Gasteiger partial charge in [0.05, 0.1) is 21.3 Å². The second-order valence-electron chi connectivity index (χ2n) is 7.95. The fraction of sp³-hybridized carbons (Fsp3) is 0.619. The maximum absolute atomic E-state index is 5.51. The number of hydrogen-bond donors (Lipinski definition) is 1. The molecule has 2 bridgehead atoms. The van der Waals surface area contributed by atoms with Crippen molar-refractivity contribution in [3.63, 3.8) is 0 Å². The van der Waals surface area contributed by atoms with Crippen LogP contribution in [0.4, 0.5) is 0 Å². The number of nitrogens with one attached hydrogen (secondary N) is 1. The third-order valence-corrected chi connectivity index (χ3v) is 6.12. The molecule has 25 heavy (non-hydrogen) atoms. The first-order valence-electron chi connectivity index (χ1n) is 9.13. The van der Waals surface area contributed by atoms with Gasteiger partial charge in [-0.05, 0) is 69.1 Å². The van der Waals surface area contributed by atoms with Crippen LogP contribution in [0.5, 0.6) is 17.2 Å². The number of piperidine rings is 1. The van der Waals surface area contributed by atoms with Crippen LogP contribution in [0.2, 0.25) is 0 Å². The Hall–Kier alpha value is -1.68. The molecule has 138 valence electrons. The van der Waals surface area contributed by atoms with E-state index in [0.29, 0.717) is 29.2 Å². The first-order chi connectivity index (χ1) is 11.9. The molecule has 0 spiro atoms. The number of fused-ring (bicyclic) bond motifs is 2.